The summed E-state index contributed by atoms with van der Waals surface area (Å²) in [4.78, 5) is 38.1. The lowest BCUT2D eigenvalue weighted by molar-refractivity contribution is -0.166. The summed E-state index contributed by atoms with van der Waals surface area (Å²) >= 11 is 0. The molecule has 0 heterocycles. The van der Waals surface area contributed by atoms with Crippen LogP contribution in [-0.4, -0.2) is 37.2 Å². The van der Waals surface area contributed by atoms with Crippen molar-refractivity contribution in [2.24, 2.45) is 0 Å². The smallest absolute Gasteiger partial charge is 0.306 e. The molecule has 0 saturated carbocycles. The third kappa shape index (κ3) is 57.5. The van der Waals surface area contributed by atoms with Gasteiger partial charge in [0.25, 0.3) is 0 Å². The highest BCUT2D eigenvalue weighted by atomic mass is 16.6. The molecule has 0 spiro atoms. The second-order valence-electron chi connectivity index (χ2n) is 18.0. The number of unbranched alkanes of at least 4 members (excludes halogenated alkanes) is 10. The predicted molar refractivity (Wildman–Crippen MR) is 315 cm³/mol. The fourth-order valence-corrected chi connectivity index (χ4v) is 7.04. The molecule has 0 N–H and O–H groups in total. The van der Waals surface area contributed by atoms with E-state index in [1.807, 2.05) is 12.2 Å². The van der Waals surface area contributed by atoms with Crippen molar-refractivity contribution in [3.05, 3.63) is 170 Å². The molecule has 0 aliphatic heterocycles. The lowest BCUT2D eigenvalue weighted by Gasteiger charge is -2.18. The minimum atomic E-state index is -0.834. The van der Waals surface area contributed by atoms with Crippen LogP contribution >= 0.6 is 0 Å². The van der Waals surface area contributed by atoms with Crippen molar-refractivity contribution < 1.29 is 28.6 Å². The summed E-state index contributed by atoms with van der Waals surface area (Å²) in [6.07, 6.45) is 87.9. The molecule has 0 aromatic heterocycles. The average Bonchev–Trinajstić information content (AvgIpc) is 3.39. The number of rotatable bonds is 49. The highest BCUT2D eigenvalue weighted by Gasteiger charge is 2.19. The Morgan fingerprint density at radius 3 is 0.849 bits per heavy atom. The first-order chi connectivity index (χ1) is 36.0. The van der Waals surface area contributed by atoms with Gasteiger partial charge in [-0.1, -0.05) is 229 Å². The van der Waals surface area contributed by atoms with Crippen LogP contribution in [0.4, 0.5) is 0 Å². The third-order valence-corrected chi connectivity index (χ3v) is 11.2. The highest BCUT2D eigenvalue weighted by Crippen LogP contribution is 2.12. The minimum Gasteiger partial charge on any atom is -0.462 e. The first-order valence-corrected chi connectivity index (χ1v) is 28.6. The molecule has 73 heavy (non-hydrogen) atoms. The van der Waals surface area contributed by atoms with Crippen LogP contribution in [0.1, 0.15) is 213 Å². The van der Waals surface area contributed by atoms with Gasteiger partial charge in [-0.15, -0.1) is 0 Å². The Balaban J connectivity index is 4.47. The SMILES string of the molecule is CC/C=C\C/C=C\C/C=C\C/C=C\C/C=C\C/C=C\C/C=C\CCCCCCCC(=O)OCC(COC(=O)CC/C=C\C/C=C\C/C=C\C/C=C\CC)OC(=O)CCCCCCC/C=C\C/C=C\C/C=C\CC. The Labute approximate surface area is 447 Å². The molecular formula is C67H102O6. The van der Waals surface area contributed by atoms with Crippen LogP contribution in [0.2, 0.25) is 0 Å². The summed E-state index contributed by atoms with van der Waals surface area (Å²) in [7, 11) is 0. The maximum atomic E-state index is 12.8. The predicted octanol–water partition coefficient (Wildman–Crippen LogP) is 19.5. The van der Waals surface area contributed by atoms with Gasteiger partial charge in [-0.3, -0.25) is 14.4 Å². The second-order valence-corrected chi connectivity index (χ2v) is 18.0. The maximum absolute atomic E-state index is 12.8. The van der Waals surface area contributed by atoms with E-state index >= 15 is 0 Å². The van der Waals surface area contributed by atoms with E-state index in [2.05, 4.69) is 179 Å². The van der Waals surface area contributed by atoms with Crippen LogP contribution in [0.15, 0.2) is 170 Å². The van der Waals surface area contributed by atoms with Gasteiger partial charge in [0.05, 0.1) is 0 Å². The molecule has 0 radical (unpaired) electrons. The van der Waals surface area contributed by atoms with Crippen LogP contribution in [-0.2, 0) is 28.6 Å². The van der Waals surface area contributed by atoms with E-state index in [1.54, 1.807) is 0 Å². The number of esters is 3. The van der Waals surface area contributed by atoms with Gasteiger partial charge in [-0.2, -0.15) is 0 Å². The topological polar surface area (TPSA) is 78.9 Å². The zero-order chi connectivity index (χ0) is 52.9. The summed E-state index contributed by atoms with van der Waals surface area (Å²) in [6, 6.07) is 0. The van der Waals surface area contributed by atoms with E-state index in [0.717, 1.165) is 167 Å². The molecule has 0 amide bonds. The second kappa shape index (κ2) is 59.3. The van der Waals surface area contributed by atoms with E-state index in [0.29, 0.717) is 12.8 Å². The number of carbonyl (C=O) groups is 3. The zero-order valence-electron chi connectivity index (χ0n) is 46.3. The Morgan fingerprint density at radius 2 is 0.521 bits per heavy atom. The van der Waals surface area contributed by atoms with Crippen LogP contribution in [0.3, 0.4) is 0 Å². The molecule has 0 aliphatic rings. The van der Waals surface area contributed by atoms with Gasteiger partial charge < -0.3 is 14.2 Å². The van der Waals surface area contributed by atoms with Gasteiger partial charge >= 0.3 is 17.9 Å². The number of carbonyl (C=O) groups excluding carboxylic acids is 3. The Bertz CT molecular complexity index is 1720. The molecule has 6 nitrogen and oxygen atoms in total. The summed E-state index contributed by atoms with van der Waals surface area (Å²) < 4.78 is 16.7. The van der Waals surface area contributed by atoms with Gasteiger partial charge in [-0.25, -0.2) is 0 Å². The molecule has 1 atom stereocenters. The quantitative estimate of drug-likeness (QED) is 0.0261. The molecule has 0 saturated heterocycles. The number of hydrogen-bond acceptors (Lipinski definition) is 6. The van der Waals surface area contributed by atoms with Crippen molar-refractivity contribution in [2.75, 3.05) is 13.2 Å². The first-order valence-electron chi connectivity index (χ1n) is 28.6. The zero-order valence-corrected chi connectivity index (χ0v) is 46.3. The van der Waals surface area contributed by atoms with Crippen molar-refractivity contribution in [1.82, 2.24) is 0 Å². The van der Waals surface area contributed by atoms with Crippen molar-refractivity contribution in [3.63, 3.8) is 0 Å². The van der Waals surface area contributed by atoms with Crippen molar-refractivity contribution in [1.29, 1.82) is 0 Å². The van der Waals surface area contributed by atoms with E-state index in [1.165, 1.54) is 0 Å². The maximum Gasteiger partial charge on any atom is 0.306 e. The molecule has 0 aromatic rings. The van der Waals surface area contributed by atoms with Crippen molar-refractivity contribution in [3.8, 4) is 0 Å². The largest absolute Gasteiger partial charge is 0.462 e. The number of ether oxygens (including phenoxy) is 3. The average molecular weight is 1000 g/mol. The Kier molecular flexibility index (Phi) is 55.1. The Morgan fingerprint density at radius 1 is 0.274 bits per heavy atom. The molecule has 406 valence electrons. The lowest BCUT2D eigenvalue weighted by Crippen LogP contribution is -2.30. The van der Waals surface area contributed by atoms with Gasteiger partial charge in [0, 0.05) is 19.3 Å². The molecule has 0 rings (SSSR count). The van der Waals surface area contributed by atoms with E-state index < -0.39 is 6.10 Å². The summed E-state index contributed by atoms with van der Waals surface area (Å²) in [6.45, 7) is 6.18. The van der Waals surface area contributed by atoms with Crippen molar-refractivity contribution in [2.45, 2.75) is 219 Å². The standard InChI is InChI=1S/C67H102O6/c1-4-7-10-13-16-19-22-25-27-28-29-30-31-32-33-34-35-36-37-38-40-42-45-48-51-54-57-60-66(69)72-63-64(62-71-65(68)59-56-53-50-47-44-41-24-21-18-15-12-9-6-3)73-67(70)61-58-55-52-49-46-43-39-26-23-20-17-14-11-8-5-2/h7-12,16-21,25-27,29-30,32-33,35-36,38-41,44,50,53,64H,4-6,13-15,22-24,28,31,34,37,42-43,45-49,51-52,54-63H2,1-3H3/b10-7-,11-8-,12-9-,19-16-,20-17-,21-18-,27-25-,30-29-,33-32-,36-35-,39-26-,40-38-,44-41-,53-50-. The monoisotopic (exact) mass is 1000 g/mol. The van der Waals surface area contributed by atoms with E-state index in [-0.39, 0.29) is 44.0 Å². The first kappa shape index (κ1) is 67.8. The van der Waals surface area contributed by atoms with Crippen LogP contribution < -0.4 is 0 Å². The molecule has 0 bridgehead atoms. The van der Waals surface area contributed by atoms with E-state index in [9.17, 15) is 14.4 Å². The summed E-state index contributed by atoms with van der Waals surface area (Å²) in [5.41, 5.74) is 0. The third-order valence-electron chi connectivity index (χ3n) is 11.2. The number of hydrogen-bond donors (Lipinski definition) is 0. The van der Waals surface area contributed by atoms with Crippen LogP contribution in [0, 0.1) is 0 Å². The van der Waals surface area contributed by atoms with Gasteiger partial charge in [0.2, 0.25) is 0 Å². The molecule has 0 fully saturated rings. The molecule has 1 unspecified atom stereocenters. The van der Waals surface area contributed by atoms with Gasteiger partial charge in [0.1, 0.15) is 13.2 Å². The van der Waals surface area contributed by atoms with Crippen LogP contribution in [0.5, 0.6) is 0 Å². The van der Waals surface area contributed by atoms with Gasteiger partial charge in [0.15, 0.2) is 6.10 Å². The van der Waals surface area contributed by atoms with Gasteiger partial charge in [-0.05, 0) is 135 Å². The number of allylic oxidation sites excluding steroid dienone is 28. The fraction of sp³-hybridized carbons (Fsp3) is 0.537. The van der Waals surface area contributed by atoms with Crippen molar-refractivity contribution >= 4 is 17.9 Å². The van der Waals surface area contributed by atoms with Crippen LogP contribution in [0.25, 0.3) is 0 Å². The fourth-order valence-electron chi connectivity index (χ4n) is 7.04. The summed E-state index contributed by atoms with van der Waals surface area (Å²) in [5.74, 6) is -1.06. The normalized spacial score (nSPS) is 13.4. The summed E-state index contributed by atoms with van der Waals surface area (Å²) in [5, 5.41) is 0. The molecule has 0 aliphatic carbocycles. The van der Waals surface area contributed by atoms with E-state index in [4.69, 9.17) is 14.2 Å². The highest BCUT2D eigenvalue weighted by molar-refractivity contribution is 5.71. The molecule has 0 aromatic carbocycles. The molecular weight excluding hydrogens is 901 g/mol. The molecule has 6 heteroatoms. The lowest BCUT2D eigenvalue weighted by atomic mass is 10.1. The Hall–Kier alpha value is -5.23. The minimum absolute atomic E-state index is 0.126.